The first-order valence-corrected chi connectivity index (χ1v) is 9.08. The van der Waals surface area contributed by atoms with E-state index in [0.29, 0.717) is 13.1 Å². The fourth-order valence-corrected chi connectivity index (χ4v) is 3.31. The van der Waals surface area contributed by atoms with E-state index in [0.717, 1.165) is 12.1 Å². The van der Waals surface area contributed by atoms with Crippen molar-refractivity contribution in [2.45, 2.75) is 25.9 Å². The number of benzene rings is 1. The molecule has 3 rings (SSSR count). The molecule has 2 aromatic rings. The predicted octanol–water partition coefficient (Wildman–Crippen LogP) is 1.65. The van der Waals surface area contributed by atoms with E-state index in [-0.39, 0.29) is 24.8 Å². The molecule has 0 bridgehead atoms. The normalized spacial score (nSPS) is 16.9. The van der Waals surface area contributed by atoms with Crippen LogP contribution in [0.15, 0.2) is 41.2 Å². The van der Waals surface area contributed by atoms with Crippen LogP contribution in [0.5, 0.6) is 0 Å². The lowest BCUT2D eigenvalue weighted by Gasteiger charge is -2.38. The van der Waals surface area contributed by atoms with E-state index >= 15 is 0 Å². The highest BCUT2D eigenvalue weighted by molar-refractivity contribution is 7.07. The van der Waals surface area contributed by atoms with Crippen molar-refractivity contribution in [3.05, 3.63) is 52.5 Å². The minimum Gasteiger partial charge on any atom is -0.483 e. The highest BCUT2D eigenvalue weighted by Gasteiger charge is 2.36. The number of carbonyl (C=O) groups is 3. The third kappa shape index (κ3) is 5.13. The van der Waals surface area contributed by atoms with Gasteiger partial charge < -0.3 is 14.9 Å². The SMILES string of the molecule is C[C@H]1C(=O)N(CCc2ccccc2)CC(=O)N1Cc1cscn1.O=CO. The summed E-state index contributed by atoms with van der Waals surface area (Å²) in [5.74, 6) is -0.00563. The first-order valence-electron chi connectivity index (χ1n) is 8.14. The number of aromatic nitrogens is 1. The van der Waals surface area contributed by atoms with Gasteiger partial charge in [0, 0.05) is 11.9 Å². The van der Waals surface area contributed by atoms with Crippen LogP contribution in [-0.2, 0) is 27.3 Å². The molecule has 0 aliphatic carbocycles. The number of amides is 2. The number of hydrogen-bond acceptors (Lipinski definition) is 5. The van der Waals surface area contributed by atoms with Crippen molar-refractivity contribution >= 4 is 29.6 Å². The summed E-state index contributed by atoms with van der Waals surface area (Å²) >= 11 is 1.49. The second-order valence-electron chi connectivity index (χ2n) is 5.78. The minimum absolute atomic E-state index is 0.00996. The van der Waals surface area contributed by atoms with Crippen molar-refractivity contribution < 1.29 is 19.5 Å². The topological polar surface area (TPSA) is 90.8 Å². The van der Waals surface area contributed by atoms with E-state index in [2.05, 4.69) is 4.98 Å². The van der Waals surface area contributed by atoms with Gasteiger partial charge in [0.05, 0.1) is 24.3 Å². The van der Waals surface area contributed by atoms with Crippen LogP contribution in [0.1, 0.15) is 18.2 Å². The first kappa shape index (κ1) is 19.6. The van der Waals surface area contributed by atoms with Crippen molar-refractivity contribution in [1.29, 1.82) is 0 Å². The summed E-state index contributed by atoms with van der Waals surface area (Å²) in [4.78, 5) is 40.8. The molecule has 1 aromatic heterocycles. The van der Waals surface area contributed by atoms with Crippen molar-refractivity contribution in [3.8, 4) is 0 Å². The number of thiazole rings is 1. The predicted molar refractivity (Wildman–Crippen MR) is 97.5 cm³/mol. The van der Waals surface area contributed by atoms with Gasteiger partial charge in [0.15, 0.2) is 0 Å². The van der Waals surface area contributed by atoms with Crippen LogP contribution in [0.25, 0.3) is 0 Å². The Kier molecular flexibility index (Phi) is 7.28. The summed E-state index contributed by atoms with van der Waals surface area (Å²) in [5, 5.41) is 8.80. The van der Waals surface area contributed by atoms with Gasteiger partial charge in [-0.25, -0.2) is 4.98 Å². The lowest BCUT2D eigenvalue weighted by atomic mass is 10.1. The lowest BCUT2D eigenvalue weighted by molar-refractivity contribution is -0.155. The zero-order valence-corrected chi connectivity index (χ0v) is 15.3. The van der Waals surface area contributed by atoms with Crippen molar-refractivity contribution in [3.63, 3.8) is 0 Å². The van der Waals surface area contributed by atoms with Crippen LogP contribution < -0.4 is 0 Å². The van der Waals surface area contributed by atoms with Gasteiger partial charge in [-0.3, -0.25) is 14.4 Å². The molecule has 26 heavy (non-hydrogen) atoms. The number of nitrogens with zero attached hydrogens (tertiary/aromatic N) is 3. The van der Waals surface area contributed by atoms with Crippen LogP contribution in [0, 0.1) is 0 Å². The van der Waals surface area contributed by atoms with Gasteiger partial charge in [-0.1, -0.05) is 30.3 Å². The zero-order chi connectivity index (χ0) is 18.9. The number of piperazine rings is 1. The number of carboxylic acid groups (broad SMARTS) is 1. The fourth-order valence-electron chi connectivity index (χ4n) is 2.76. The smallest absolute Gasteiger partial charge is 0.290 e. The number of rotatable bonds is 5. The molecular formula is C18H21N3O4S. The summed E-state index contributed by atoms with van der Waals surface area (Å²) in [6.07, 6.45) is 0.763. The van der Waals surface area contributed by atoms with Crippen molar-refractivity contribution in [1.82, 2.24) is 14.8 Å². The second kappa shape index (κ2) is 9.67. The third-order valence-corrected chi connectivity index (χ3v) is 4.75. The second-order valence-corrected chi connectivity index (χ2v) is 6.50. The van der Waals surface area contributed by atoms with Crippen molar-refractivity contribution in [2.24, 2.45) is 0 Å². The highest BCUT2D eigenvalue weighted by Crippen LogP contribution is 2.17. The molecule has 2 amide bonds. The van der Waals surface area contributed by atoms with Gasteiger partial charge in [0.25, 0.3) is 6.47 Å². The Morgan fingerprint density at radius 2 is 2.00 bits per heavy atom. The van der Waals surface area contributed by atoms with Gasteiger partial charge >= 0.3 is 0 Å². The van der Waals surface area contributed by atoms with E-state index in [1.54, 1.807) is 22.2 Å². The molecule has 0 radical (unpaired) electrons. The molecule has 7 nitrogen and oxygen atoms in total. The Morgan fingerprint density at radius 3 is 2.62 bits per heavy atom. The Labute approximate surface area is 155 Å². The fraction of sp³-hybridized carbons (Fsp3) is 0.333. The van der Waals surface area contributed by atoms with Gasteiger partial charge in [-0.2, -0.15) is 0 Å². The van der Waals surface area contributed by atoms with Crippen LogP contribution in [-0.4, -0.2) is 57.3 Å². The molecule has 0 spiro atoms. The average molecular weight is 375 g/mol. The van der Waals surface area contributed by atoms with Crippen LogP contribution in [0.4, 0.5) is 0 Å². The molecule has 0 unspecified atom stereocenters. The number of hydrogen-bond donors (Lipinski definition) is 1. The van der Waals surface area contributed by atoms with Gasteiger partial charge in [0.1, 0.15) is 6.04 Å². The Hall–Kier alpha value is -2.74. The number of carbonyl (C=O) groups excluding carboxylic acids is 2. The molecule has 1 atom stereocenters. The molecule has 1 saturated heterocycles. The van der Waals surface area contributed by atoms with E-state index in [1.165, 1.54) is 16.9 Å². The molecular weight excluding hydrogens is 354 g/mol. The quantitative estimate of drug-likeness (QED) is 0.803. The lowest BCUT2D eigenvalue weighted by Crippen LogP contribution is -2.58. The maximum absolute atomic E-state index is 12.5. The molecule has 1 fully saturated rings. The minimum atomic E-state index is -0.436. The van der Waals surface area contributed by atoms with Crippen LogP contribution >= 0.6 is 11.3 Å². The van der Waals surface area contributed by atoms with E-state index in [4.69, 9.17) is 9.90 Å². The van der Waals surface area contributed by atoms with Gasteiger partial charge in [-0.05, 0) is 18.9 Å². The molecule has 2 heterocycles. The Morgan fingerprint density at radius 1 is 1.31 bits per heavy atom. The summed E-state index contributed by atoms with van der Waals surface area (Å²) in [7, 11) is 0. The standard InChI is InChI=1S/C17H19N3O2S.CH2O2/c1-13-17(22)19(8-7-14-5-3-2-4-6-14)10-16(21)20(13)9-15-11-23-12-18-15;2-1-3/h2-6,11-13H,7-10H2,1H3;1H,(H,2,3)/t13-;/m0./s1. The summed E-state index contributed by atoms with van der Waals surface area (Å²) in [6.45, 7) is 2.67. The van der Waals surface area contributed by atoms with Crippen LogP contribution in [0.3, 0.4) is 0 Å². The maximum Gasteiger partial charge on any atom is 0.290 e. The average Bonchev–Trinajstić information content (AvgIpc) is 3.15. The van der Waals surface area contributed by atoms with Gasteiger partial charge in [-0.15, -0.1) is 11.3 Å². The van der Waals surface area contributed by atoms with E-state index in [1.807, 2.05) is 35.7 Å². The summed E-state index contributed by atoms with van der Waals surface area (Å²) in [5.41, 5.74) is 3.74. The van der Waals surface area contributed by atoms with Crippen molar-refractivity contribution in [2.75, 3.05) is 13.1 Å². The summed E-state index contributed by atoms with van der Waals surface area (Å²) in [6, 6.07) is 9.57. The molecule has 1 aromatic carbocycles. The monoisotopic (exact) mass is 375 g/mol. The third-order valence-electron chi connectivity index (χ3n) is 4.11. The van der Waals surface area contributed by atoms with E-state index in [9.17, 15) is 9.59 Å². The maximum atomic E-state index is 12.5. The zero-order valence-electron chi connectivity index (χ0n) is 14.4. The molecule has 0 saturated carbocycles. The molecule has 8 heteroatoms. The molecule has 1 N–H and O–H groups in total. The Bertz CT molecular complexity index is 721. The molecule has 1 aliphatic rings. The summed E-state index contributed by atoms with van der Waals surface area (Å²) < 4.78 is 0. The highest BCUT2D eigenvalue weighted by atomic mass is 32.1. The first-order chi connectivity index (χ1) is 12.6. The van der Waals surface area contributed by atoms with E-state index < -0.39 is 6.04 Å². The Balaban J connectivity index is 0.000000758. The molecule has 138 valence electrons. The van der Waals surface area contributed by atoms with Crippen LogP contribution in [0.2, 0.25) is 0 Å². The largest absolute Gasteiger partial charge is 0.483 e. The molecule has 1 aliphatic heterocycles. The van der Waals surface area contributed by atoms with Gasteiger partial charge in [0.2, 0.25) is 11.8 Å².